The third-order valence-electron chi connectivity index (χ3n) is 4.71. The highest BCUT2D eigenvalue weighted by molar-refractivity contribution is 7.09. The van der Waals surface area contributed by atoms with E-state index in [-0.39, 0.29) is 0 Å². The predicted molar refractivity (Wildman–Crippen MR) is 95.1 cm³/mol. The van der Waals surface area contributed by atoms with Crippen molar-refractivity contribution in [3.63, 3.8) is 0 Å². The number of nitrogens with one attached hydrogen (secondary N) is 1. The predicted octanol–water partition coefficient (Wildman–Crippen LogP) is 2.84. The van der Waals surface area contributed by atoms with Crippen molar-refractivity contribution in [2.24, 2.45) is 10.4 Å². The number of aromatic nitrogens is 1. The number of rotatable bonds is 4. The second-order valence-corrected chi connectivity index (χ2v) is 7.87. The van der Waals surface area contributed by atoms with Crippen molar-refractivity contribution in [1.82, 2.24) is 15.2 Å². The van der Waals surface area contributed by atoms with Gasteiger partial charge in [-0.1, -0.05) is 13.8 Å². The van der Waals surface area contributed by atoms with Crippen LogP contribution >= 0.6 is 11.3 Å². The molecule has 1 unspecified atom stereocenters. The van der Waals surface area contributed by atoms with Gasteiger partial charge in [-0.2, -0.15) is 0 Å². The van der Waals surface area contributed by atoms with Crippen LogP contribution < -0.4 is 5.32 Å². The van der Waals surface area contributed by atoms with Gasteiger partial charge < -0.3 is 15.0 Å². The molecule has 1 atom stereocenters. The topological polar surface area (TPSA) is 49.8 Å². The molecule has 3 heterocycles. The summed E-state index contributed by atoms with van der Waals surface area (Å²) in [6, 6.07) is 0. The lowest BCUT2D eigenvalue weighted by Crippen LogP contribution is -2.41. The molecule has 23 heavy (non-hydrogen) atoms. The first kappa shape index (κ1) is 16.7. The molecular weight excluding hydrogens is 308 g/mol. The average molecular weight is 337 g/mol. The fourth-order valence-electron chi connectivity index (χ4n) is 3.33. The first-order chi connectivity index (χ1) is 11.1. The monoisotopic (exact) mass is 336 g/mol. The van der Waals surface area contributed by atoms with Gasteiger partial charge in [0.1, 0.15) is 0 Å². The minimum atomic E-state index is 0.363. The van der Waals surface area contributed by atoms with Crippen molar-refractivity contribution in [2.75, 3.05) is 32.8 Å². The van der Waals surface area contributed by atoms with E-state index in [9.17, 15) is 0 Å². The van der Waals surface area contributed by atoms with E-state index in [0.717, 1.165) is 44.5 Å². The first-order valence-corrected chi connectivity index (χ1v) is 9.55. The third kappa shape index (κ3) is 3.86. The van der Waals surface area contributed by atoms with Crippen LogP contribution in [0.15, 0.2) is 10.4 Å². The van der Waals surface area contributed by atoms with E-state index in [2.05, 4.69) is 41.4 Å². The maximum Gasteiger partial charge on any atom is 0.194 e. The molecule has 2 fully saturated rings. The molecule has 2 saturated heterocycles. The van der Waals surface area contributed by atoms with Crippen molar-refractivity contribution in [2.45, 2.75) is 46.1 Å². The molecule has 3 rings (SSSR count). The zero-order valence-electron chi connectivity index (χ0n) is 14.5. The average Bonchev–Trinajstić information content (AvgIpc) is 3.26. The molecule has 2 aliphatic heterocycles. The van der Waals surface area contributed by atoms with Crippen LogP contribution in [-0.4, -0.2) is 48.7 Å². The SMILES string of the molecule is CCNC(=NCc1csc(C(C)C)n1)N1CCC2(CCOC2)C1. The number of nitrogens with zero attached hydrogens (tertiary/aromatic N) is 3. The van der Waals surface area contributed by atoms with Gasteiger partial charge in [-0.15, -0.1) is 11.3 Å². The van der Waals surface area contributed by atoms with Gasteiger partial charge in [0.15, 0.2) is 5.96 Å². The summed E-state index contributed by atoms with van der Waals surface area (Å²) in [6.45, 7) is 12.0. The van der Waals surface area contributed by atoms with Gasteiger partial charge >= 0.3 is 0 Å². The van der Waals surface area contributed by atoms with Crippen molar-refractivity contribution in [3.05, 3.63) is 16.1 Å². The highest BCUT2D eigenvalue weighted by atomic mass is 32.1. The van der Waals surface area contributed by atoms with E-state index in [0.29, 0.717) is 17.9 Å². The summed E-state index contributed by atoms with van der Waals surface area (Å²) in [5.41, 5.74) is 1.44. The zero-order valence-corrected chi connectivity index (χ0v) is 15.3. The molecule has 2 aliphatic rings. The van der Waals surface area contributed by atoms with Crippen LogP contribution in [0.3, 0.4) is 0 Å². The van der Waals surface area contributed by atoms with Crippen LogP contribution in [0.2, 0.25) is 0 Å². The Hall–Kier alpha value is -1.14. The molecule has 0 amide bonds. The van der Waals surface area contributed by atoms with Gasteiger partial charge in [0.25, 0.3) is 0 Å². The molecule has 0 aliphatic carbocycles. The van der Waals surface area contributed by atoms with Crippen LogP contribution in [0, 0.1) is 5.41 Å². The van der Waals surface area contributed by atoms with Gasteiger partial charge in [-0.25, -0.2) is 9.98 Å². The largest absolute Gasteiger partial charge is 0.381 e. The molecule has 5 nitrogen and oxygen atoms in total. The van der Waals surface area contributed by atoms with Crippen molar-refractivity contribution >= 4 is 17.3 Å². The molecule has 0 saturated carbocycles. The maximum atomic E-state index is 5.63. The van der Waals surface area contributed by atoms with E-state index in [1.54, 1.807) is 11.3 Å². The minimum absolute atomic E-state index is 0.363. The Kier molecular flexibility index (Phi) is 5.21. The lowest BCUT2D eigenvalue weighted by Gasteiger charge is -2.24. The normalized spacial score (nSPS) is 25.0. The Morgan fingerprint density at radius 2 is 2.39 bits per heavy atom. The van der Waals surface area contributed by atoms with Gasteiger partial charge in [-0.3, -0.25) is 0 Å². The maximum absolute atomic E-state index is 5.63. The Balaban J connectivity index is 1.65. The van der Waals surface area contributed by atoms with Crippen LogP contribution in [0.4, 0.5) is 0 Å². The minimum Gasteiger partial charge on any atom is -0.381 e. The van der Waals surface area contributed by atoms with Crippen LogP contribution in [0.25, 0.3) is 0 Å². The molecule has 0 aromatic carbocycles. The number of thiazole rings is 1. The van der Waals surface area contributed by atoms with Gasteiger partial charge in [-0.05, 0) is 19.8 Å². The molecule has 6 heteroatoms. The highest BCUT2D eigenvalue weighted by Gasteiger charge is 2.42. The lowest BCUT2D eigenvalue weighted by atomic mass is 9.87. The Labute approximate surface area is 143 Å². The molecule has 128 valence electrons. The van der Waals surface area contributed by atoms with Crippen molar-refractivity contribution < 1.29 is 4.74 Å². The standard InChI is InChI=1S/C17H28N4OS/c1-4-18-16(19-9-14-10-23-15(20-14)13(2)3)21-7-5-17(11-21)6-8-22-12-17/h10,13H,4-9,11-12H2,1-3H3,(H,18,19). The summed E-state index contributed by atoms with van der Waals surface area (Å²) in [5, 5.41) is 6.78. The molecule has 1 aromatic rings. The van der Waals surface area contributed by atoms with E-state index >= 15 is 0 Å². The fraction of sp³-hybridized carbons (Fsp3) is 0.765. The van der Waals surface area contributed by atoms with Crippen LogP contribution in [0.5, 0.6) is 0 Å². The number of guanidine groups is 1. The third-order valence-corrected chi connectivity index (χ3v) is 5.91. The van der Waals surface area contributed by atoms with E-state index < -0.39 is 0 Å². The van der Waals surface area contributed by atoms with Crippen LogP contribution in [-0.2, 0) is 11.3 Å². The fourth-order valence-corrected chi connectivity index (χ4v) is 4.16. The number of aliphatic imine (C=N–C) groups is 1. The number of ether oxygens (including phenoxy) is 1. The van der Waals surface area contributed by atoms with Gasteiger partial charge in [0.2, 0.25) is 0 Å². The zero-order chi connectivity index (χ0) is 16.3. The number of likely N-dealkylation sites (tertiary alicyclic amines) is 1. The molecule has 0 bridgehead atoms. The summed E-state index contributed by atoms with van der Waals surface area (Å²) >= 11 is 1.74. The highest BCUT2D eigenvalue weighted by Crippen LogP contribution is 2.38. The summed E-state index contributed by atoms with van der Waals surface area (Å²) in [4.78, 5) is 11.9. The smallest absolute Gasteiger partial charge is 0.194 e. The Morgan fingerprint density at radius 3 is 3.04 bits per heavy atom. The number of hydrogen-bond acceptors (Lipinski definition) is 4. The van der Waals surface area contributed by atoms with Crippen LogP contribution in [0.1, 0.15) is 50.2 Å². The molecular formula is C17H28N4OS. The van der Waals surface area contributed by atoms with Gasteiger partial charge in [0.05, 0.1) is 23.9 Å². The molecule has 1 aromatic heterocycles. The second kappa shape index (κ2) is 7.18. The van der Waals surface area contributed by atoms with E-state index in [4.69, 9.17) is 9.73 Å². The van der Waals surface area contributed by atoms with Crippen molar-refractivity contribution in [1.29, 1.82) is 0 Å². The summed E-state index contributed by atoms with van der Waals surface area (Å²) < 4.78 is 5.63. The molecule has 1 spiro atoms. The quantitative estimate of drug-likeness (QED) is 0.678. The summed E-state index contributed by atoms with van der Waals surface area (Å²) in [5.74, 6) is 1.52. The van der Waals surface area contributed by atoms with E-state index in [1.165, 1.54) is 17.8 Å². The summed E-state index contributed by atoms with van der Waals surface area (Å²) in [7, 11) is 0. The van der Waals surface area contributed by atoms with Gasteiger partial charge in [0, 0.05) is 43.0 Å². The second-order valence-electron chi connectivity index (χ2n) is 6.98. The van der Waals surface area contributed by atoms with Crippen molar-refractivity contribution in [3.8, 4) is 0 Å². The Bertz CT molecular complexity index is 549. The lowest BCUT2D eigenvalue weighted by molar-refractivity contribution is 0.156. The summed E-state index contributed by atoms with van der Waals surface area (Å²) in [6.07, 6.45) is 2.40. The molecule has 1 N–H and O–H groups in total. The van der Waals surface area contributed by atoms with E-state index in [1.807, 2.05) is 0 Å². The molecule has 0 radical (unpaired) electrons. The first-order valence-electron chi connectivity index (χ1n) is 8.67. The number of hydrogen-bond donors (Lipinski definition) is 1. The Morgan fingerprint density at radius 1 is 1.52 bits per heavy atom.